The Morgan fingerprint density at radius 1 is 1.28 bits per heavy atom. The van der Waals surface area contributed by atoms with E-state index in [-0.39, 0.29) is 11.7 Å². The summed E-state index contributed by atoms with van der Waals surface area (Å²) in [7, 11) is 0. The molecule has 1 amide bonds. The van der Waals surface area contributed by atoms with E-state index < -0.39 is 0 Å². The molecule has 0 aromatic heterocycles. The zero-order chi connectivity index (χ0) is 13.0. The number of rotatable bonds is 4. The van der Waals surface area contributed by atoms with Crippen LogP contribution >= 0.6 is 0 Å². The van der Waals surface area contributed by atoms with Crippen molar-refractivity contribution in [2.75, 3.05) is 32.8 Å². The number of hydrogen-bond donors (Lipinski definition) is 1. The molecule has 0 bridgehead atoms. The summed E-state index contributed by atoms with van der Waals surface area (Å²) in [6, 6.07) is 0.433. The largest absolute Gasteiger partial charge is 0.347 e. The molecule has 0 aromatic rings. The minimum absolute atomic E-state index is 0.232. The van der Waals surface area contributed by atoms with E-state index in [2.05, 4.69) is 19.2 Å². The van der Waals surface area contributed by atoms with Gasteiger partial charge in [-0.05, 0) is 0 Å². The Morgan fingerprint density at radius 3 is 2.44 bits per heavy atom. The molecule has 2 rings (SSSR count). The highest BCUT2D eigenvalue weighted by molar-refractivity contribution is 5.76. The number of nitrogens with zero attached hydrogens (tertiary/aromatic N) is 1. The normalized spacial score (nSPS) is 22.9. The molecule has 0 radical (unpaired) electrons. The Balaban J connectivity index is 1.70. The topological polar surface area (TPSA) is 50.8 Å². The summed E-state index contributed by atoms with van der Waals surface area (Å²) < 4.78 is 11.3. The van der Waals surface area contributed by atoms with Gasteiger partial charge in [-0.3, -0.25) is 4.79 Å². The second kappa shape index (κ2) is 5.99. The Kier molecular flexibility index (Phi) is 4.59. The van der Waals surface area contributed by atoms with Crippen LogP contribution in [-0.4, -0.2) is 55.5 Å². The third-order valence-electron chi connectivity index (χ3n) is 3.58. The Labute approximate surface area is 109 Å². The van der Waals surface area contributed by atoms with Crippen LogP contribution in [0.4, 0.5) is 0 Å². The lowest BCUT2D eigenvalue weighted by Crippen LogP contribution is -2.47. The van der Waals surface area contributed by atoms with E-state index in [0.717, 1.165) is 32.5 Å². The third kappa shape index (κ3) is 3.43. The molecule has 0 atom stereocenters. The maximum absolute atomic E-state index is 12.0. The average molecular weight is 256 g/mol. The molecule has 2 fully saturated rings. The van der Waals surface area contributed by atoms with E-state index in [1.807, 2.05) is 4.90 Å². The molecule has 1 N–H and O–H groups in total. The van der Waals surface area contributed by atoms with E-state index >= 15 is 0 Å². The van der Waals surface area contributed by atoms with Gasteiger partial charge in [0.15, 0.2) is 5.79 Å². The van der Waals surface area contributed by atoms with E-state index in [0.29, 0.717) is 25.7 Å². The van der Waals surface area contributed by atoms with Gasteiger partial charge in [-0.25, -0.2) is 0 Å². The van der Waals surface area contributed by atoms with E-state index in [1.54, 1.807) is 0 Å². The summed E-state index contributed by atoms with van der Waals surface area (Å²) >= 11 is 0. The van der Waals surface area contributed by atoms with Gasteiger partial charge in [0.1, 0.15) is 0 Å². The third-order valence-corrected chi connectivity index (χ3v) is 3.58. The van der Waals surface area contributed by atoms with Gasteiger partial charge in [-0.1, -0.05) is 13.8 Å². The van der Waals surface area contributed by atoms with Crippen LogP contribution in [0.1, 0.15) is 33.1 Å². The lowest BCUT2D eigenvalue weighted by Gasteiger charge is -2.37. The number of carbonyl (C=O) groups is 1. The van der Waals surface area contributed by atoms with Crippen LogP contribution < -0.4 is 5.32 Å². The summed E-state index contributed by atoms with van der Waals surface area (Å²) in [5, 5.41) is 3.27. The second-order valence-corrected chi connectivity index (χ2v) is 5.35. The fourth-order valence-corrected chi connectivity index (χ4v) is 2.51. The zero-order valence-corrected chi connectivity index (χ0v) is 11.4. The van der Waals surface area contributed by atoms with Crippen molar-refractivity contribution in [2.45, 2.75) is 44.9 Å². The van der Waals surface area contributed by atoms with Gasteiger partial charge in [0, 0.05) is 44.9 Å². The predicted octanol–water partition coefficient (Wildman–Crippen LogP) is 0.740. The lowest BCUT2D eigenvalue weighted by atomic mass is 10.0. The fraction of sp³-hybridized carbons (Fsp3) is 0.923. The van der Waals surface area contributed by atoms with Crippen molar-refractivity contribution in [3.63, 3.8) is 0 Å². The van der Waals surface area contributed by atoms with Gasteiger partial charge < -0.3 is 19.7 Å². The first-order chi connectivity index (χ1) is 8.61. The molecule has 0 saturated carbocycles. The molecule has 5 nitrogen and oxygen atoms in total. The van der Waals surface area contributed by atoms with Crippen molar-refractivity contribution in [3.8, 4) is 0 Å². The second-order valence-electron chi connectivity index (χ2n) is 5.35. The summed E-state index contributed by atoms with van der Waals surface area (Å²) in [5.41, 5.74) is 0. The molecular weight excluding hydrogens is 232 g/mol. The molecule has 5 heteroatoms. The number of ether oxygens (including phenoxy) is 2. The predicted molar refractivity (Wildman–Crippen MR) is 68.2 cm³/mol. The van der Waals surface area contributed by atoms with Crippen molar-refractivity contribution >= 4 is 5.91 Å². The van der Waals surface area contributed by atoms with Gasteiger partial charge >= 0.3 is 0 Å². The fourth-order valence-electron chi connectivity index (χ4n) is 2.51. The molecule has 1 spiro atoms. The molecule has 0 aromatic carbocycles. The highest BCUT2D eigenvalue weighted by atomic mass is 16.7. The van der Waals surface area contributed by atoms with Crippen molar-refractivity contribution in [1.82, 2.24) is 10.2 Å². The number of carbonyl (C=O) groups excluding carboxylic acids is 1. The van der Waals surface area contributed by atoms with E-state index in [4.69, 9.17) is 9.47 Å². The van der Waals surface area contributed by atoms with Crippen molar-refractivity contribution in [3.05, 3.63) is 0 Å². The van der Waals surface area contributed by atoms with Crippen molar-refractivity contribution < 1.29 is 14.3 Å². The zero-order valence-electron chi connectivity index (χ0n) is 11.4. The highest BCUT2D eigenvalue weighted by Gasteiger charge is 2.40. The average Bonchev–Trinajstić information content (AvgIpc) is 2.78. The molecule has 18 heavy (non-hydrogen) atoms. The molecule has 2 saturated heterocycles. The summed E-state index contributed by atoms with van der Waals surface area (Å²) in [4.78, 5) is 13.9. The minimum atomic E-state index is -0.382. The number of amides is 1. The van der Waals surface area contributed by atoms with Gasteiger partial charge in [-0.15, -0.1) is 0 Å². The smallest absolute Gasteiger partial charge is 0.223 e. The number of likely N-dealkylation sites (tertiary alicyclic amines) is 1. The Hall–Kier alpha value is -0.650. The molecule has 2 aliphatic rings. The van der Waals surface area contributed by atoms with Crippen LogP contribution in [0.5, 0.6) is 0 Å². The molecule has 2 aliphatic heterocycles. The van der Waals surface area contributed by atoms with Crippen LogP contribution in [0.15, 0.2) is 0 Å². The maximum Gasteiger partial charge on any atom is 0.223 e. The van der Waals surface area contributed by atoms with Crippen LogP contribution in [0.25, 0.3) is 0 Å². The summed E-state index contributed by atoms with van der Waals surface area (Å²) in [6.45, 7) is 7.80. The maximum atomic E-state index is 12.0. The first kappa shape index (κ1) is 13.8. The van der Waals surface area contributed by atoms with Crippen LogP contribution in [-0.2, 0) is 14.3 Å². The highest BCUT2D eigenvalue weighted by Crippen LogP contribution is 2.31. The summed E-state index contributed by atoms with van der Waals surface area (Å²) in [5.74, 6) is -0.150. The number of nitrogens with one attached hydrogen (secondary N) is 1. The number of hydrogen-bond acceptors (Lipinski definition) is 4. The van der Waals surface area contributed by atoms with Crippen molar-refractivity contribution in [1.29, 1.82) is 0 Å². The standard InChI is InChI=1S/C13H24N2O3/c1-11(2)14-6-3-12(16)15-7-4-13(5-8-15)17-9-10-18-13/h11,14H,3-10H2,1-2H3. The van der Waals surface area contributed by atoms with E-state index in [1.165, 1.54) is 0 Å². The van der Waals surface area contributed by atoms with Crippen LogP contribution in [0, 0.1) is 0 Å². The molecular formula is C13H24N2O3. The Morgan fingerprint density at radius 2 is 1.89 bits per heavy atom. The van der Waals surface area contributed by atoms with Gasteiger partial charge in [0.2, 0.25) is 5.91 Å². The van der Waals surface area contributed by atoms with Crippen LogP contribution in [0.2, 0.25) is 0 Å². The van der Waals surface area contributed by atoms with Gasteiger partial charge in [-0.2, -0.15) is 0 Å². The van der Waals surface area contributed by atoms with Gasteiger partial charge in [0.25, 0.3) is 0 Å². The molecule has 0 aliphatic carbocycles. The van der Waals surface area contributed by atoms with Gasteiger partial charge in [0.05, 0.1) is 13.2 Å². The summed E-state index contributed by atoms with van der Waals surface area (Å²) in [6.07, 6.45) is 2.18. The molecule has 0 unspecified atom stereocenters. The van der Waals surface area contributed by atoms with Crippen LogP contribution in [0.3, 0.4) is 0 Å². The SMILES string of the molecule is CC(C)NCCC(=O)N1CCC2(CC1)OCCO2. The first-order valence-corrected chi connectivity index (χ1v) is 6.90. The molecule has 2 heterocycles. The number of piperidine rings is 1. The Bertz CT molecular complexity index is 278. The first-order valence-electron chi connectivity index (χ1n) is 6.90. The quantitative estimate of drug-likeness (QED) is 0.806. The van der Waals surface area contributed by atoms with Crippen molar-refractivity contribution in [2.24, 2.45) is 0 Å². The lowest BCUT2D eigenvalue weighted by molar-refractivity contribution is -0.187. The molecule has 104 valence electrons. The minimum Gasteiger partial charge on any atom is -0.347 e. The van der Waals surface area contributed by atoms with E-state index in [9.17, 15) is 4.79 Å². The monoisotopic (exact) mass is 256 g/mol.